The lowest BCUT2D eigenvalue weighted by Crippen LogP contribution is -1.97. The van der Waals surface area contributed by atoms with Crippen LogP contribution in [0.3, 0.4) is 0 Å². The number of hydrogen-bond donors (Lipinski definition) is 1. The molecule has 0 saturated heterocycles. The standard InChI is InChI=1S/C11H15N3OS/c1-7(2)10-4-11(14-15-10)13-6-9-5-12-8(3)16-9/h4-5,7H,6H2,1-3H3,(H,13,14). The van der Waals surface area contributed by atoms with E-state index in [0.717, 1.165) is 23.1 Å². The molecular formula is C11H15N3OS. The van der Waals surface area contributed by atoms with Gasteiger partial charge in [0.05, 0.1) is 11.6 Å². The number of aryl methyl sites for hydroxylation is 1. The van der Waals surface area contributed by atoms with E-state index in [9.17, 15) is 0 Å². The van der Waals surface area contributed by atoms with E-state index in [1.54, 1.807) is 11.3 Å². The van der Waals surface area contributed by atoms with Crippen LogP contribution in [0.25, 0.3) is 0 Å². The van der Waals surface area contributed by atoms with Crippen molar-refractivity contribution in [1.82, 2.24) is 10.1 Å². The van der Waals surface area contributed by atoms with Gasteiger partial charge >= 0.3 is 0 Å². The summed E-state index contributed by atoms with van der Waals surface area (Å²) < 4.78 is 5.19. The second kappa shape index (κ2) is 4.65. The van der Waals surface area contributed by atoms with E-state index in [1.807, 2.05) is 19.2 Å². The third-order valence-electron chi connectivity index (χ3n) is 2.21. The van der Waals surface area contributed by atoms with Crippen molar-refractivity contribution in [1.29, 1.82) is 0 Å². The summed E-state index contributed by atoms with van der Waals surface area (Å²) in [6.45, 7) is 6.91. The van der Waals surface area contributed by atoms with Crippen molar-refractivity contribution in [3.63, 3.8) is 0 Å². The Morgan fingerprint density at radius 2 is 2.31 bits per heavy atom. The molecule has 5 heteroatoms. The van der Waals surface area contributed by atoms with E-state index in [4.69, 9.17) is 4.52 Å². The molecule has 2 aromatic rings. The Hall–Kier alpha value is -1.36. The predicted molar refractivity (Wildman–Crippen MR) is 64.8 cm³/mol. The molecule has 0 fully saturated rings. The number of nitrogens with one attached hydrogen (secondary N) is 1. The van der Waals surface area contributed by atoms with Crippen LogP contribution in [0.5, 0.6) is 0 Å². The van der Waals surface area contributed by atoms with E-state index in [0.29, 0.717) is 5.92 Å². The number of thiazole rings is 1. The molecule has 0 aliphatic carbocycles. The first-order chi connectivity index (χ1) is 7.65. The number of anilines is 1. The molecule has 0 amide bonds. The van der Waals surface area contributed by atoms with E-state index in [-0.39, 0.29) is 0 Å². The van der Waals surface area contributed by atoms with Gasteiger partial charge in [-0.05, 0) is 6.92 Å². The van der Waals surface area contributed by atoms with Gasteiger partial charge in [-0.2, -0.15) is 0 Å². The maximum absolute atomic E-state index is 5.19. The molecule has 16 heavy (non-hydrogen) atoms. The van der Waals surface area contributed by atoms with Gasteiger partial charge in [-0.25, -0.2) is 4.98 Å². The van der Waals surface area contributed by atoms with Crippen LogP contribution in [-0.4, -0.2) is 10.1 Å². The van der Waals surface area contributed by atoms with Gasteiger partial charge in [-0.3, -0.25) is 0 Å². The highest BCUT2D eigenvalue weighted by molar-refractivity contribution is 7.11. The van der Waals surface area contributed by atoms with Gasteiger partial charge in [-0.15, -0.1) is 11.3 Å². The Balaban J connectivity index is 1.94. The molecular weight excluding hydrogens is 222 g/mol. The van der Waals surface area contributed by atoms with Crippen LogP contribution >= 0.6 is 11.3 Å². The van der Waals surface area contributed by atoms with Gasteiger partial charge < -0.3 is 9.84 Å². The van der Waals surface area contributed by atoms with Gasteiger partial charge in [0.25, 0.3) is 0 Å². The van der Waals surface area contributed by atoms with E-state index >= 15 is 0 Å². The molecule has 2 rings (SSSR count). The number of nitrogens with zero attached hydrogens (tertiary/aromatic N) is 2. The molecule has 0 aliphatic rings. The third-order valence-corrected chi connectivity index (χ3v) is 3.12. The largest absolute Gasteiger partial charge is 0.362 e. The Labute approximate surface area is 98.7 Å². The average Bonchev–Trinajstić information content (AvgIpc) is 2.83. The van der Waals surface area contributed by atoms with Crippen LogP contribution in [0.2, 0.25) is 0 Å². The predicted octanol–water partition coefficient (Wildman–Crippen LogP) is 3.18. The van der Waals surface area contributed by atoms with Crippen molar-refractivity contribution in [2.75, 3.05) is 5.32 Å². The molecule has 0 saturated carbocycles. The molecule has 0 atom stereocenters. The Bertz CT molecular complexity index is 461. The van der Waals surface area contributed by atoms with Crippen LogP contribution in [0.1, 0.15) is 35.4 Å². The normalized spacial score (nSPS) is 11.0. The fourth-order valence-corrected chi connectivity index (χ4v) is 2.04. The molecule has 0 bridgehead atoms. The second-order valence-electron chi connectivity index (χ2n) is 3.97. The monoisotopic (exact) mass is 237 g/mol. The van der Waals surface area contributed by atoms with Crippen molar-refractivity contribution in [2.45, 2.75) is 33.2 Å². The number of aromatic nitrogens is 2. The highest BCUT2D eigenvalue weighted by Crippen LogP contribution is 2.19. The first kappa shape index (κ1) is 11.1. The Kier molecular flexibility index (Phi) is 3.24. The lowest BCUT2D eigenvalue weighted by Gasteiger charge is -1.97. The molecule has 0 aliphatic heterocycles. The molecule has 0 aromatic carbocycles. The minimum atomic E-state index is 0.369. The zero-order valence-electron chi connectivity index (χ0n) is 9.65. The smallest absolute Gasteiger partial charge is 0.169 e. The second-order valence-corrected chi connectivity index (χ2v) is 5.29. The van der Waals surface area contributed by atoms with Crippen molar-refractivity contribution < 1.29 is 4.52 Å². The maximum Gasteiger partial charge on any atom is 0.169 e. The van der Waals surface area contributed by atoms with Gasteiger partial charge in [0.1, 0.15) is 5.76 Å². The fourth-order valence-electron chi connectivity index (χ4n) is 1.31. The minimum absolute atomic E-state index is 0.369. The van der Waals surface area contributed by atoms with Gasteiger partial charge in [-0.1, -0.05) is 19.0 Å². The average molecular weight is 237 g/mol. The van der Waals surface area contributed by atoms with Crippen LogP contribution < -0.4 is 5.32 Å². The minimum Gasteiger partial charge on any atom is -0.362 e. The summed E-state index contributed by atoms with van der Waals surface area (Å²) in [6.07, 6.45) is 1.89. The Morgan fingerprint density at radius 3 is 2.88 bits per heavy atom. The molecule has 4 nitrogen and oxygen atoms in total. The number of hydrogen-bond acceptors (Lipinski definition) is 5. The lowest BCUT2D eigenvalue weighted by molar-refractivity contribution is 0.373. The zero-order valence-corrected chi connectivity index (χ0v) is 10.5. The van der Waals surface area contributed by atoms with Crippen LogP contribution in [0, 0.1) is 6.92 Å². The SMILES string of the molecule is Cc1ncc(CNc2cc(C(C)C)on2)s1. The summed E-state index contributed by atoms with van der Waals surface area (Å²) in [7, 11) is 0. The van der Waals surface area contributed by atoms with E-state index < -0.39 is 0 Å². The highest BCUT2D eigenvalue weighted by atomic mass is 32.1. The third kappa shape index (κ3) is 2.61. The van der Waals surface area contributed by atoms with Crippen LogP contribution in [0.4, 0.5) is 5.82 Å². The summed E-state index contributed by atoms with van der Waals surface area (Å²) in [5.74, 6) is 2.06. The van der Waals surface area contributed by atoms with Gasteiger partial charge in [0.2, 0.25) is 0 Å². The van der Waals surface area contributed by atoms with Crippen molar-refractivity contribution in [3.8, 4) is 0 Å². The van der Waals surface area contributed by atoms with E-state index in [1.165, 1.54) is 4.88 Å². The highest BCUT2D eigenvalue weighted by Gasteiger charge is 2.07. The molecule has 0 radical (unpaired) electrons. The van der Waals surface area contributed by atoms with Crippen LogP contribution in [0.15, 0.2) is 16.8 Å². The molecule has 2 heterocycles. The number of rotatable bonds is 4. The molecule has 86 valence electrons. The van der Waals surface area contributed by atoms with Crippen molar-refractivity contribution in [3.05, 3.63) is 27.9 Å². The molecule has 0 unspecified atom stereocenters. The summed E-state index contributed by atoms with van der Waals surface area (Å²) in [6, 6.07) is 1.94. The molecule has 0 spiro atoms. The Morgan fingerprint density at radius 1 is 1.50 bits per heavy atom. The first-order valence-corrected chi connectivity index (χ1v) is 6.08. The fraction of sp³-hybridized carbons (Fsp3) is 0.455. The topological polar surface area (TPSA) is 51.0 Å². The first-order valence-electron chi connectivity index (χ1n) is 5.27. The maximum atomic E-state index is 5.19. The summed E-state index contributed by atoms with van der Waals surface area (Å²) in [5.41, 5.74) is 0. The van der Waals surface area contributed by atoms with Crippen molar-refractivity contribution in [2.24, 2.45) is 0 Å². The lowest BCUT2D eigenvalue weighted by atomic mass is 10.2. The molecule has 1 N–H and O–H groups in total. The van der Waals surface area contributed by atoms with Crippen LogP contribution in [-0.2, 0) is 6.54 Å². The van der Waals surface area contributed by atoms with E-state index in [2.05, 4.69) is 29.3 Å². The summed E-state index contributed by atoms with van der Waals surface area (Å²) >= 11 is 1.69. The molecule has 2 aromatic heterocycles. The van der Waals surface area contributed by atoms with Crippen molar-refractivity contribution >= 4 is 17.2 Å². The summed E-state index contributed by atoms with van der Waals surface area (Å²) in [4.78, 5) is 5.40. The summed E-state index contributed by atoms with van der Waals surface area (Å²) in [5, 5.41) is 8.26. The zero-order chi connectivity index (χ0) is 11.5. The quantitative estimate of drug-likeness (QED) is 0.887. The van der Waals surface area contributed by atoms with Gasteiger partial charge in [0, 0.05) is 23.1 Å². The van der Waals surface area contributed by atoms with Gasteiger partial charge in [0.15, 0.2) is 5.82 Å².